The average Bonchev–Trinajstić information content (AvgIpc) is 0.783. The van der Waals surface area contributed by atoms with Crippen molar-refractivity contribution in [3.63, 3.8) is 0 Å². The van der Waals surface area contributed by atoms with Crippen LogP contribution in [0.5, 0.6) is 17.2 Å². The van der Waals surface area contributed by atoms with E-state index in [-0.39, 0.29) is 78.7 Å². The molecule has 0 spiro atoms. The number of aliphatic hydroxyl groups excluding tert-OH is 4. The van der Waals surface area contributed by atoms with Gasteiger partial charge in [-0.3, -0.25) is 15.1 Å². The summed E-state index contributed by atoms with van der Waals surface area (Å²) in [6.07, 6.45) is 13.2. The lowest BCUT2D eigenvalue weighted by atomic mass is 9.70. The topological polar surface area (TPSA) is 262 Å². The molecule has 0 fully saturated rings. The molecule has 17 nitrogen and oxygen atoms in total. The van der Waals surface area contributed by atoms with Crippen molar-refractivity contribution in [1.82, 2.24) is 16.0 Å². The maximum absolute atomic E-state index is 14.6. The van der Waals surface area contributed by atoms with Crippen molar-refractivity contribution in [3.05, 3.63) is 158 Å². The molecular formula is C74H96N6O11. The number of allylic oxidation sites excluding steroid dienone is 4. The molecule has 4 heterocycles. The number of ketones is 1. The van der Waals surface area contributed by atoms with E-state index in [1.807, 2.05) is 66.8 Å². The summed E-state index contributed by atoms with van der Waals surface area (Å²) in [5.74, 6) is 2.10. The van der Waals surface area contributed by atoms with Crippen LogP contribution in [0.25, 0.3) is 16.8 Å². The maximum Gasteiger partial charge on any atom is 0.192 e. The van der Waals surface area contributed by atoms with Gasteiger partial charge in [-0.25, -0.2) is 0 Å². The van der Waals surface area contributed by atoms with Gasteiger partial charge in [-0.05, 0) is 188 Å². The first-order valence-corrected chi connectivity index (χ1v) is 32.8. The number of ether oxygens (including phenoxy) is 4. The van der Waals surface area contributed by atoms with E-state index in [0.29, 0.717) is 117 Å². The fourth-order valence-corrected chi connectivity index (χ4v) is 13.7. The minimum absolute atomic E-state index is 0.0120. The predicted molar refractivity (Wildman–Crippen MR) is 359 cm³/mol. The Morgan fingerprint density at radius 3 is 2.52 bits per heavy atom. The third-order valence-corrected chi connectivity index (χ3v) is 18.6. The van der Waals surface area contributed by atoms with Crippen molar-refractivity contribution in [3.8, 4) is 29.3 Å². The number of hydrogen-bond acceptors (Lipinski definition) is 15. The van der Waals surface area contributed by atoms with Gasteiger partial charge in [-0.15, -0.1) is 0 Å². The number of nitrogens with zero attached hydrogens (tertiary/aromatic N) is 1. The number of nitrogens with two attached hydrogens (primary N) is 1. The molecular weight excluding hydrogens is 1150 g/mol. The molecule has 10 atom stereocenters. The number of hydrogen-bond donors (Lipinski definition) is 11. The molecule has 11 rings (SSSR count). The molecule has 0 aromatic heterocycles. The monoisotopic (exact) mass is 1240 g/mol. The first kappa shape index (κ1) is 68.1. The second-order valence-corrected chi connectivity index (χ2v) is 25.2. The molecule has 5 aromatic rings. The smallest absolute Gasteiger partial charge is 0.192 e. The third kappa shape index (κ3) is 17.7. The molecule has 10 bridgehead atoms. The summed E-state index contributed by atoms with van der Waals surface area (Å²) >= 11 is 0. The van der Waals surface area contributed by atoms with Crippen molar-refractivity contribution in [2.24, 2.45) is 34.4 Å². The summed E-state index contributed by atoms with van der Waals surface area (Å²) in [7, 11) is 3.19. The number of aromatic hydroxyl groups is 1. The number of benzene rings is 5. The number of carbonyl (C=O) groups is 1. The number of rotatable bonds is 25. The Kier molecular flexibility index (Phi) is 24.6. The van der Waals surface area contributed by atoms with Crippen molar-refractivity contribution < 1.29 is 54.4 Å². The van der Waals surface area contributed by atoms with Crippen LogP contribution in [0.15, 0.2) is 113 Å². The number of methoxy groups -OCH3 is 1. The first-order chi connectivity index (χ1) is 44.1. The highest BCUT2D eigenvalue weighted by molar-refractivity contribution is 6.01. The van der Waals surface area contributed by atoms with Crippen LogP contribution in [0.1, 0.15) is 153 Å². The van der Waals surface area contributed by atoms with E-state index < -0.39 is 36.3 Å². The largest absolute Gasteiger partial charge is 0.508 e. The number of phenols is 1. The lowest BCUT2D eigenvalue weighted by Gasteiger charge is -2.36. The van der Waals surface area contributed by atoms with Gasteiger partial charge in [-0.1, -0.05) is 87.4 Å². The minimum Gasteiger partial charge on any atom is -0.508 e. The Balaban J connectivity index is 1.25. The van der Waals surface area contributed by atoms with E-state index in [0.717, 1.165) is 64.0 Å². The molecule has 10 unspecified atom stereocenters. The molecule has 0 radical (unpaired) electrons. The molecule has 12 N–H and O–H groups in total. The van der Waals surface area contributed by atoms with Crippen LogP contribution in [0.2, 0.25) is 0 Å². The van der Waals surface area contributed by atoms with Crippen LogP contribution in [0.3, 0.4) is 0 Å². The van der Waals surface area contributed by atoms with E-state index in [9.17, 15) is 35.4 Å². The zero-order valence-electron chi connectivity index (χ0n) is 53.8. The quantitative estimate of drug-likeness (QED) is 0.00854. The van der Waals surface area contributed by atoms with Crippen LogP contribution >= 0.6 is 0 Å². The van der Waals surface area contributed by atoms with E-state index in [2.05, 4.69) is 89.4 Å². The van der Waals surface area contributed by atoms with Gasteiger partial charge in [0.1, 0.15) is 36.1 Å². The Morgan fingerprint density at radius 2 is 1.76 bits per heavy atom. The number of Topliss-reactive ketones (excluding diaryl/α,β-unsaturated/α-hetero) is 1. The number of aliphatic hydroxyl groups is 5. The molecule has 17 heteroatoms. The van der Waals surface area contributed by atoms with Gasteiger partial charge < -0.3 is 71.3 Å². The van der Waals surface area contributed by atoms with E-state index in [1.54, 1.807) is 27.1 Å². The highest BCUT2D eigenvalue weighted by Crippen LogP contribution is 2.51. The van der Waals surface area contributed by atoms with Crippen LogP contribution in [-0.2, 0) is 40.1 Å². The van der Waals surface area contributed by atoms with Gasteiger partial charge in [0.2, 0.25) is 0 Å². The first-order valence-electron chi connectivity index (χ1n) is 32.8. The van der Waals surface area contributed by atoms with Crippen molar-refractivity contribution in [2.75, 3.05) is 65.5 Å². The molecule has 0 saturated carbocycles. The fraction of sp³-hybridized carbons (Fsp3) is 0.486. The van der Waals surface area contributed by atoms with Crippen LogP contribution in [-0.4, -0.2) is 121 Å². The molecule has 488 valence electrons. The Bertz CT molecular complexity index is 3480. The van der Waals surface area contributed by atoms with E-state index >= 15 is 0 Å². The fourth-order valence-electron chi connectivity index (χ4n) is 13.7. The number of anilines is 1. The number of phenolic OH excluding ortho intramolecular Hbond substituents is 1. The Hall–Kier alpha value is -7.24. The zero-order valence-corrected chi connectivity index (χ0v) is 53.8. The number of fused-ring (bicyclic) bond motifs is 8. The highest BCUT2D eigenvalue weighted by atomic mass is 16.5. The maximum atomic E-state index is 14.6. The molecule has 5 aromatic carbocycles. The van der Waals surface area contributed by atoms with Crippen molar-refractivity contribution >= 4 is 34.3 Å². The molecule has 0 amide bonds. The summed E-state index contributed by atoms with van der Waals surface area (Å²) in [4.78, 5) is 18.7. The zero-order chi connectivity index (χ0) is 64.6. The predicted octanol–water partition coefficient (Wildman–Crippen LogP) is 10.2. The number of guanidine groups is 1. The Labute approximate surface area is 537 Å². The third-order valence-electron chi connectivity index (χ3n) is 18.6. The summed E-state index contributed by atoms with van der Waals surface area (Å²) in [6.45, 7) is 11.4. The van der Waals surface area contributed by atoms with E-state index in [4.69, 9.17) is 24.7 Å². The number of aryl methyl sites for hydroxylation is 2. The second-order valence-electron chi connectivity index (χ2n) is 25.2. The lowest BCUT2D eigenvalue weighted by Crippen LogP contribution is -2.46. The van der Waals surface area contributed by atoms with Gasteiger partial charge in [0.05, 0.1) is 31.9 Å². The van der Waals surface area contributed by atoms with E-state index in [1.165, 1.54) is 0 Å². The van der Waals surface area contributed by atoms with Crippen LogP contribution in [0.4, 0.5) is 5.69 Å². The van der Waals surface area contributed by atoms with Gasteiger partial charge in [-0.2, -0.15) is 0 Å². The molecule has 6 aliphatic rings. The molecule has 2 aliphatic carbocycles. The summed E-state index contributed by atoms with van der Waals surface area (Å²) < 4.78 is 25.5. The molecule has 91 heavy (non-hydrogen) atoms. The van der Waals surface area contributed by atoms with Crippen molar-refractivity contribution in [2.45, 2.75) is 147 Å². The normalized spacial score (nSPS) is 21.9. The molecule has 0 saturated heterocycles. The minimum atomic E-state index is -1.96. The summed E-state index contributed by atoms with van der Waals surface area (Å²) in [6, 6.07) is 25.6. The Morgan fingerprint density at radius 1 is 0.945 bits per heavy atom. The van der Waals surface area contributed by atoms with Crippen molar-refractivity contribution in [1.29, 1.82) is 0 Å². The van der Waals surface area contributed by atoms with Gasteiger partial charge in [0.15, 0.2) is 23.7 Å². The summed E-state index contributed by atoms with van der Waals surface area (Å²) in [5, 5.41) is 86.0. The summed E-state index contributed by atoms with van der Waals surface area (Å²) in [5.41, 5.74) is 14.2. The standard InChI is InChI=1S/C74H96N6O11/c1-7-70(78-41-46(4)82)79-42-54-36-61(51-14-9-12-48(30-51)24-28-89-27-11-26-77-8-2)59-25-29-90-57(34-53-37-66(84)62(54)35-52(53)31-50(43-81)18-17-47-13-10-15-55(32-47)80-74(75)76-5)38-56(83)21-19-49-20-23-68(88-6)69(33-49)91-44-65-58-22-16-45(3)60-40-67(85)72(59)64(71(58)60)39-63(65)73(86)87/h9-10,12-16,20,22-23,30,32-33,35,37,39-40,45-46,50,52-54,57,59,61,70,73,77-79,81-82,84-87H,7-8,11,17-19,21,24,26-28,31,34,36,38,41-44H2,1-6H3,(H3,75,76,80). The van der Waals surface area contributed by atoms with Gasteiger partial charge in [0, 0.05) is 86.3 Å². The van der Waals surface area contributed by atoms with Crippen LogP contribution in [0, 0.1) is 35.7 Å². The number of aliphatic imine (C=N–C) groups is 1. The number of carbonyl (C=O) groups excluding carboxylic acids is 1. The van der Waals surface area contributed by atoms with Gasteiger partial charge >= 0.3 is 0 Å². The second kappa shape index (κ2) is 32.9. The lowest BCUT2D eigenvalue weighted by molar-refractivity contribution is -0.121. The number of nitrogens with one attached hydrogen (secondary N) is 4. The average molecular weight is 1250 g/mol. The SMILES string of the molecule is CCNCCCOCCc1cccc(C2CC(CNC(CC)NCC(C)O)C3=CC(CC(CO)CCc4cccc(NC(N)=NC)c4)C(C=C3O)CC3CC(=O)CCc4ccc(OC)c(c4)OCc4c(C(O)O)cc5c(c(O)cc6c5c4C=CC6C)C2C#CO3)c1. The highest BCUT2D eigenvalue weighted by Gasteiger charge is 2.39. The van der Waals surface area contributed by atoms with Crippen LogP contribution < -0.4 is 36.5 Å². The van der Waals surface area contributed by atoms with Gasteiger partial charge in [0.25, 0.3) is 0 Å². The molecule has 4 aliphatic heterocycles.